The van der Waals surface area contributed by atoms with E-state index < -0.39 is 0 Å². The van der Waals surface area contributed by atoms with Crippen LogP contribution < -0.4 is 5.73 Å². The van der Waals surface area contributed by atoms with Gasteiger partial charge in [-0.05, 0) is 23.1 Å². The first-order valence-corrected chi connectivity index (χ1v) is 4.75. The molecule has 0 fully saturated rings. The third-order valence-electron chi connectivity index (χ3n) is 2.15. The predicted octanol–water partition coefficient (Wildman–Crippen LogP) is 2.96. The smallest absolute Gasteiger partial charge is 0.0178 e. The highest BCUT2D eigenvalue weighted by Crippen LogP contribution is 2.17. The van der Waals surface area contributed by atoms with Gasteiger partial charge in [0.1, 0.15) is 0 Å². The third-order valence-corrected chi connectivity index (χ3v) is 2.15. The molecule has 0 unspecified atom stereocenters. The van der Waals surface area contributed by atoms with E-state index in [9.17, 15) is 0 Å². The summed E-state index contributed by atoms with van der Waals surface area (Å²) >= 11 is 0. The van der Waals surface area contributed by atoms with Crippen LogP contribution in [-0.2, 0) is 6.54 Å². The summed E-state index contributed by atoms with van der Waals surface area (Å²) in [7, 11) is 0. The van der Waals surface area contributed by atoms with Crippen molar-refractivity contribution in [2.45, 2.75) is 26.3 Å². The molecular weight excluding hydrogens is 158 g/mol. The first-order valence-electron chi connectivity index (χ1n) is 4.75. The van der Waals surface area contributed by atoms with Crippen molar-refractivity contribution in [3.63, 3.8) is 0 Å². The molecule has 0 atom stereocenters. The fourth-order valence-electron chi connectivity index (χ4n) is 1.32. The largest absolute Gasteiger partial charge is 0.326 e. The van der Waals surface area contributed by atoms with Crippen LogP contribution in [0.3, 0.4) is 0 Å². The van der Waals surface area contributed by atoms with Crippen molar-refractivity contribution in [2.75, 3.05) is 0 Å². The van der Waals surface area contributed by atoms with E-state index in [1.165, 1.54) is 16.7 Å². The molecule has 0 radical (unpaired) electrons. The van der Waals surface area contributed by atoms with Gasteiger partial charge < -0.3 is 5.73 Å². The zero-order chi connectivity index (χ0) is 9.68. The van der Waals surface area contributed by atoms with Crippen LogP contribution in [0.2, 0.25) is 0 Å². The van der Waals surface area contributed by atoms with Crippen LogP contribution in [0.4, 0.5) is 0 Å². The molecule has 0 saturated carbocycles. The molecule has 1 rings (SSSR count). The maximum absolute atomic E-state index is 5.51. The summed E-state index contributed by atoms with van der Waals surface area (Å²) in [4.78, 5) is 0. The fourth-order valence-corrected chi connectivity index (χ4v) is 1.32. The van der Waals surface area contributed by atoms with Crippen LogP contribution in [0, 0.1) is 0 Å². The van der Waals surface area contributed by atoms with E-state index >= 15 is 0 Å². The molecule has 0 aliphatic carbocycles. The lowest BCUT2D eigenvalue weighted by Gasteiger charge is -2.04. The van der Waals surface area contributed by atoms with Crippen molar-refractivity contribution < 1.29 is 0 Å². The molecular formula is C12H17N. The van der Waals surface area contributed by atoms with Crippen LogP contribution in [0.5, 0.6) is 0 Å². The zero-order valence-corrected chi connectivity index (χ0v) is 8.22. The van der Waals surface area contributed by atoms with Crippen LogP contribution in [-0.4, -0.2) is 0 Å². The highest BCUT2D eigenvalue weighted by atomic mass is 14.5. The molecule has 0 heterocycles. The molecule has 2 N–H and O–H groups in total. The summed E-state index contributed by atoms with van der Waals surface area (Å²) in [5.41, 5.74) is 9.14. The Bertz CT molecular complexity index is 272. The Morgan fingerprint density at radius 1 is 1.31 bits per heavy atom. The molecule has 1 aromatic carbocycles. The Kier molecular flexibility index (Phi) is 3.71. The number of benzene rings is 1. The fraction of sp³-hybridized carbons (Fsp3) is 0.333. The van der Waals surface area contributed by atoms with Crippen molar-refractivity contribution >= 4 is 5.57 Å². The number of hydrogen-bond acceptors (Lipinski definition) is 1. The molecule has 1 aromatic rings. The van der Waals surface area contributed by atoms with Crippen molar-refractivity contribution in [1.82, 2.24) is 0 Å². The maximum Gasteiger partial charge on any atom is 0.0178 e. The Morgan fingerprint density at radius 2 is 1.92 bits per heavy atom. The van der Waals surface area contributed by atoms with Gasteiger partial charge in [0.15, 0.2) is 0 Å². The standard InChI is InChI=1S/C12H17N/c1-3-4-10(2)12-7-5-11(9-13)6-8-12/h5-8H,2-4,9,13H2,1H3. The predicted molar refractivity (Wildman–Crippen MR) is 58.3 cm³/mol. The van der Waals surface area contributed by atoms with Gasteiger partial charge in [-0.3, -0.25) is 0 Å². The summed E-state index contributed by atoms with van der Waals surface area (Å²) in [6.07, 6.45) is 2.22. The van der Waals surface area contributed by atoms with E-state index in [0.717, 1.165) is 12.8 Å². The lowest BCUT2D eigenvalue weighted by atomic mass is 10.0. The van der Waals surface area contributed by atoms with Gasteiger partial charge in [0.25, 0.3) is 0 Å². The lowest BCUT2D eigenvalue weighted by molar-refractivity contribution is 0.974. The van der Waals surface area contributed by atoms with Crippen LogP contribution in [0.25, 0.3) is 5.57 Å². The van der Waals surface area contributed by atoms with Gasteiger partial charge in [-0.1, -0.05) is 44.2 Å². The maximum atomic E-state index is 5.51. The van der Waals surface area contributed by atoms with E-state index in [2.05, 4.69) is 37.8 Å². The van der Waals surface area contributed by atoms with E-state index in [0.29, 0.717) is 6.54 Å². The molecule has 13 heavy (non-hydrogen) atoms. The van der Waals surface area contributed by atoms with Crippen LogP contribution >= 0.6 is 0 Å². The van der Waals surface area contributed by atoms with E-state index in [1.54, 1.807) is 0 Å². The van der Waals surface area contributed by atoms with Crippen molar-refractivity contribution in [3.8, 4) is 0 Å². The Morgan fingerprint density at radius 3 is 2.38 bits per heavy atom. The second-order valence-corrected chi connectivity index (χ2v) is 3.25. The first kappa shape index (κ1) is 10.0. The Labute approximate surface area is 80.3 Å². The normalized spacial score (nSPS) is 10.0. The van der Waals surface area contributed by atoms with E-state index in [4.69, 9.17) is 5.73 Å². The molecule has 70 valence electrons. The average Bonchev–Trinajstić information content (AvgIpc) is 2.18. The first-order chi connectivity index (χ1) is 6.27. The minimum atomic E-state index is 0.612. The van der Waals surface area contributed by atoms with Gasteiger partial charge in [0.2, 0.25) is 0 Å². The molecule has 0 spiro atoms. The highest BCUT2D eigenvalue weighted by molar-refractivity contribution is 5.63. The summed E-state index contributed by atoms with van der Waals surface area (Å²) < 4.78 is 0. The second kappa shape index (κ2) is 4.83. The molecule has 0 bridgehead atoms. The lowest BCUT2D eigenvalue weighted by Crippen LogP contribution is -1.95. The summed E-state index contributed by atoms with van der Waals surface area (Å²) in [6, 6.07) is 8.33. The number of allylic oxidation sites excluding steroid dienone is 1. The zero-order valence-electron chi connectivity index (χ0n) is 8.22. The SMILES string of the molecule is C=C(CCC)c1ccc(CN)cc1. The van der Waals surface area contributed by atoms with Crippen molar-refractivity contribution in [2.24, 2.45) is 5.73 Å². The molecule has 0 saturated heterocycles. The van der Waals surface area contributed by atoms with Gasteiger partial charge in [-0.15, -0.1) is 0 Å². The summed E-state index contributed by atoms with van der Waals surface area (Å²) in [5.74, 6) is 0. The second-order valence-electron chi connectivity index (χ2n) is 3.25. The summed E-state index contributed by atoms with van der Waals surface area (Å²) in [5, 5.41) is 0. The monoisotopic (exact) mass is 175 g/mol. The van der Waals surface area contributed by atoms with Crippen LogP contribution in [0.15, 0.2) is 30.8 Å². The van der Waals surface area contributed by atoms with Crippen molar-refractivity contribution in [1.29, 1.82) is 0 Å². The highest BCUT2D eigenvalue weighted by Gasteiger charge is 1.96. The molecule has 0 aliphatic heterocycles. The molecule has 0 aliphatic rings. The molecule has 0 aromatic heterocycles. The van der Waals surface area contributed by atoms with E-state index in [-0.39, 0.29) is 0 Å². The molecule has 1 nitrogen and oxygen atoms in total. The minimum Gasteiger partial charge on any atom is -0.326 e. The third kappa shape index (κ3) is 2.71. The number of hydrogen-bond donors (Lipinski definition) is 1. The quantitative estimate of drug-likeness (QED) is 0.748. The van der Waals surface area contributed by atoms with Gasteiger partial charge in [-0.25, -0.2) is 0 Å². The van der Waals surface area contributed by atoms with Gasteiger partial charge in [-0.2, -0.15) is 0 Å². The van der Waals surface area contributed by atoms with Crippen molar-refractivity contribution in [3.05, 3.63) is 42.0 Å². The summed E-state index contributed by atoms with van der Waals surface area (Å²) in [6.45, 7) is 6.82. The Balaban J connectivity index is 2.74. The Hall–Kier alpha value is -1.08. The van der Waals surface area contributed by atoms with Gasteiger partial charge >= 0.3 is 0 Å². The minimum absolute atomic E-state index is 0.612. The number of rotatable bonds is 4. The van der Waals surface area contributed by atoms with E-state index in [1.807, 2.05) is 0 Å². The number of nitrogens with two attached hydrogens (primary N) is 1. The molecule has 1 heteroatoms. The van der Waals surface area contributed by atoms with Gasteiger partial charge in [0, 0.05) is 6.54 Å². The van der Waals surface area contributed by atoms with Gasteiger partial charge in [0.05, 0.1) is 0 Å². The topological polar surface area (TPSA) is 26.0 Å². The average molecular weight is 175 g/mol. The van der Waals surface area contributed by atoms with Crippen LogP contribution in [0.1, 0.15) is 30.9 Å². The molecule has 0 amide bonds.